The minimum atomic E-state index is -3.67. The van der Waals surface area contributed by atoms with Crippen molar-refractivity contribution in [1.29, 1.82) is 0 Å². The molecule has 1 aliphatic rings. The van der Waals surface area contributed by atoms with Crippen LogP contribution in [0.2, 0.25) is 0 Å². The van der Waals surface area contributed by atoms with E-state index < -0.39 is 16.0 Å². The number of carbonyl (C=O) groups excluding carboxylic acids is 1. The Morgan fingerprint density at radius 1 is 1.45 bits per heavy atom. The Labute approximate surface area is 131 Å². The maximum Gasteiger partial charge on any atom is 0.337 e. The molecule has 0 radical (unpaired) electrons. The second kappa shape index (κ2) is 6.76. The molecule has 2 atom stereocenters. The number of hydrogen-bond donors (Lipinski definition) is 1. The highest BCUT2D eigenvalue weighted by Crippen LogP contribution is 2.28. The van der Waals surface area contributed by atoms with Crippen LogP contribution in [0.15, 0.2) is 29.2 Å². The quantitative estimate of drug-likeness (QED) is 0.840. The number of hydrogen-bond acceptors (Lipinski definition) is 5. The number of nitrogens with two attached hydrogens (primary N) is 1. The van der Waals surface area contributed by atoms with Gasteiger partial charge in [-0.05, 0) is 37.0 Å². The summed E-state index contributed by atoms with van der Waals surface area (Å²) in [6, 6.07) is 5.72. The smallest absolute Gasteiger partial charge is 0.337 e. The van der Waals surface area contributed by atoms with Gasteiger partial charge in [0.25, 0.3) is 0 Å². The van der Waals surface area contributed by atoms with Crippen LogP contribution >= 0.6 is 0 Å². The van der Waals surface area contributed by atoms with Crippen molar-refractivity contribution in [3.63, 3.8) is 0 Å². The lowest BCUT2D eigenvalue weighted by Gasteiger charge is -2.36. The lowest BCUT2D eigenvalue weighted by molar-refractivity contribution is 0.0600. The average Bonchev–Trinajstić information content (AvgIpc) is 2.53. The summed E-state index contributed by atoms with van der Waals surface area (Å²) in [6.07, 6.45) is 1.57. The van der Waals surface area contributed by atoms with Gasteiger partial charge in [-0.15, -0.1) is 0 Å². The van der Waals surface area contributed by atoms with E-state index in [9.17, 15) is 13.2 Å². The molecule has 0 spiro atoms. The summed E-state index contributed by atoms with van der Waals surface area (Å²) in [7, 11) is -2.40. The first-order valence-electron chi connectivity index (χ1n) is 7.30. The summed E-state index contributed by atoms with van der Waals surface area (Å²) in [5.41, 5.74) is 5.97. The van der Waals surface area contributed by atoms with E-state index in [-0.39, 0.29) is 16.5 Å². The molecule has 6 nitrogen and oxygen atoms in total. The number of sulfonamides is 1. The van der Waals surface area contributed by atoms with Gasteiger partial charge in [-0.1, -0.05) is 13.0 Å². The molecule has 1 heterocycles. The Morgan fingerprint density at radius 2 is 2.18 bits per heavy atom. The minimum absolute atomic E-state index is 0.100. The fourth-order valence-corrected chi connectivity index (χ4v) is 4.50. The highest BCUT2D eigenvalue weighted by molar-refractivity contribution is 7.89. The molecule has 1 saturated heterocycles. The van der Waals surface area contributed by atoms with E-state index in [0.29, 0.717) is 19.0 Å². The topological polar surface area (TPSA) is 89.7 Å². The number of rotatable bonds is 4. The third-order valence-corrected chi connectivity index (χ3v) is 6.01. The number of piperidine rings is 1. The van der Waals surface area contributed by atoms with Crippen LogP contribution in [-0.4, -0.2) is 44.9 Å². The van der Waals surface area contributed by atoms with Crippen molar-refractivity contribution in [3.05, 3.63) is 29.8 Å². The van der Waals surface area contributed by atoms with Crippen molar-refractivity contribution in [2.45, 2.75) is 30.7 Å². The maximum absolute atomic E-state index is 12.8. The van der Waals surface area contributed by atoms with Gasteiger partial charge in [0.2, 0.25) is 10.0 Å². The summed E-state index contributed by atoms with van der Waals surface area (Å²) in [6.45, 7) is 2.85. The van der Waals surface area contributed by atoms with E-state index in [1.54, 1.807) is 6.07 Å². The molecule has 2 N–H and O–H groups in total. The van der Waals surface area contributed by atoms with E-state index in [1.165, 1.54) is 29.6 Å². The third kappa shape index (κ3) is 3.31. The summed E-state index contributed by atoms with van der Waals surface area (Å²) in [4.78, 5) is 11.7. The van der Waals surface area contributed by atoms with E-state index in [1.807, 2.05) is 0 Å². The molecule has 7 heteroatoms. The van der Waals surface area contributed by atoms with Crippen LogP contribution in [-0.2, 0) is 14.8 Å². The molecule has 0 aromatic heterocycles. The van der Waals surface area contributed by atoms with Crippen molar-refractivity contribution in [1.82, 2.24) is 4.31 Å². The van der Waals surface area contributed by atoms with Gasteiger partial charge in [0.05, 0.1) is 17.6 Å². The van der Waals surface area contributed by atoms with E-state index >= 15 is 0 Å². The Hall–Kier alpha value is -1.44. The first-order chi connectivity index (χ1) is 10.4. The molecular formula is C15H22N2O4S. The first kappa shape index (κ1) is 16.9. The summed E-state index contributed by atoms with van der Waals surface area (Å²) >= 11 is 0. The average molecular weight is 326 g/mol. The highest BCUT2D eigenvalue weighted by atomic mass is 32.2. The van der Waals surface area contributed by atoms with Crippen LogP contribution in [0, 0.1) is 5.92 Å². The van der Waals surface area contributed by atoms with E-state index in [2.05, 4.69) is 11.7 Å². The SMILES string of the molecule is COC(=O)c1cccc(S(=O)(=O)N2CCC(C)CC2CN)c1. The molecule has 122 valence electrons. The molecule has 2 unspecified atom stereocenters. The zero-order chi connectivity index (χ0) is 16.3. The molecule has 1 aliphatic heterocycles. The van der Waals surface area contributed by atoms with Crippen LogP contribution in [0.25, 0.3) is 0 Å². The summed E-state index contributed by atoms with van der Waals surface area (Å²) in [5, 5.41) is 0. The highest BCUT2D eigenvalue weighted by Gasteiger charge is 2.35. The van der Waals surface area contributed by atoms with Crippen molar-refractivity contribution >= 4 is 16.0 Å². The standard InChI is InChI=1S/C15H22N2O4S/c1-11-6-7-17(13(8-11)10-16)22(19,20)14-5-3-4-12(9-14)15(18)21-2/h3-5,9,11,13H,6-8,10,16H2,1-2H3. The number of nitrogens with zero attached hydrogens (tertiary/aromatic N) is 1. The molecule has 2 rings (SSSR count). The first-order valence-corrected chi connectivity index (χ1v) is 8.74. The van der Waals surface area contributed by atoms with Crippen molar-refractivity contribution < 1.29 is 17.9 Å². The zero-order valence-electron chi connectivity index (χ0n) is 12.9. The lowest BCUT2D eigenvalue weighted by Crippen LogP contribution is -2.49. The predicted octanol–water partition coefficient (Wildman–Crippen LogP) is 1.22. The van der Waals surface area contributed by atoms with Gasteiger partial charge in [-0.3, -0.25) is 0 Å². The Bertz CT molecular complexity index is 645. The zero-order valence-corrected chi connectivity index (χ0v) is 13.7. The number of carbonyl (C=O) groups is 1. The maximum atomic E-state index is 12.8. The largest absolute Gasteiger partial charge is 0.465 e. The van der Waals surface area contributed by atoms with Crippen LogP contribution in [0.3, 0.4) is 0 Å². The Kier molecular flexibility index (Phi) is 5.20. The molecule has 1 aromatic rings. The van der Waals surface area contributed by atoms with E-state index in [4.69, 9.17) is 5.73 Å². The van der Waals surface area contributed by atoms with Gasteiger partial charge in [0, 0.05) is 19.1 Å². The number of benzene rings is 1. The second-order valence-corrected chi connectivity index (χ2v) is 7.54. The van der Waals surface area contributed by atoms with Gasteiger partial charge >= 0.3 is 5.97 Å². The monoisotopic (exact) mass is 326 g/mol. The summed E-state index contributed by atoms with van der Waals surface area (Å²) < 4.78 is 31.8. The third-order valence-electron chi connectivity index (χ3n) is 4.06. The fourth-order valence-electron chi connectivity index (χ4n) is 2.80. The molecule has 0 amide bonds. The fraction of sp³-hybridized carbons (Fsp3) is 0.533. The van der Waals surface area contributed by atoms with Crippen molar-refractivity contribution in [3.8, 4) is 0 Å². The van der Waals surface area contributed by atoms with Gasteiger partial charge in [-0.25, -0.2) is 13.2 Å². The predicted molar refractivity (Wildman–Crippen MR) is 82.9 cm³/mol. The second-order valence-electron chi connectivity index (χ2n) is 5.65. The number of ether oxygens (including phenoxy) is 1. The van der Waals surface area contributed by atoms with Crippen molar-refractivity contribution in [2.75, 3.05) is 20.2 Å². The van der Waals surface area contributed by atoms with Crippen LogP contribution in [0.5, 0.6) is 0 Å². The van der Waals surface area contributed by atoms with Crippen LogP contribution in [0.4, 0.5) is 0 Å². The molecule has 1 aromatic carbocycles. The number of esters is 1. The molecule has 0 saturated carbocycles. The molecule has 22 heavy (non-hydrogen) atoms. The van der Waals surface area contributed by atoms with E-state index in [0.717, 1.165) is 12.8 Å². The Morgan fingerprint density at radius 3 is 2.82 bits per heavy atom. The summed E-state index contributed by atoms with van der Waals surface area (Å²) in [5.74, 6) is -0.0962. The molecule has 0 bridgehead atoms. The molecule has 0 aliphatic carbocycles. The van der Waals surface area contributed by atoms with Crippen molar-refractivity contribution in [2.24, 2.45) is 11.7 Å². The van der Waals surface area contributed by atoms with Crippen LogP contribution in [0.1, 0.15) is 30.1 Å². The lowest BCUT2D eigenvalue weighted by atomic mass is 9.94. The molecular weight excluding hydrogens is 304 g/mol. The van der Waals surface area contributed by atoms with Gasteiger partial charge < -0.3 is 10.5 Å². The minimum Gasteiger partial charge on any atom is -0.465 e. The van der Waals surface area contributed by atoms with Gasteiger partial charge in [0.1, 0.15) is 0 Å². The normalized spacial score (nSPS) is 23.2. The van der Waals surface area contributed by atoms with Gasteiger partial charge in [0.15, 0.2) is 0 Å². The van der Waals surface area contributed by atoms with Crippen LogP contribution < -0.4 is 5.73 Å². The number of methoxy groups -OCH3 is 1. The Balaban J connectivity index is 2.35. The molecule has 1 fully saturated rings. The van der Waals surface area contributed by atoms with Gasteiger partial charge in [-0.2, -0.15) is 4.31 Å².